The van der Waals surface area contributed by atoms with Crippen molar-refractivity contribution in [2.75, 3.05) is 0 Å². The number of benzene rings is 1. The van der Waals surface area contributed by atoms with E-state index in [-0.39, 0.29) is 11.0 Å². The van der Waals surface area contributed by atoms with Crippen LogP contribution >= 0.6 is 23.8 Å². The number of hydrogen-bond acceptors (Lipinski definition) is 3. The summed E-state index contributed by atoms with van der Waals surface area (Å²) in [5.74, 6) is -0.273. The Labute approximate surface area is 127 Å². The van der Waals surface area contributed by atoms with Crippen LogP contribution in [0, 0.1) is 0 Å². The van der Waals surface area contributed by atoms with Crippen molar-refractivity contribution in [2.45, 2.75) is 6.54 Å². The van der Waals surface area contributed by atoms with Gasteiger partial charge in [0.05, 0.1) is 0 Å². The molecule has 6 heteroatoms. The van der Waals surface area contributed by atoms with E-state index in [2.05, 4.69) is 15.6 Å². The van der Waals surface area contributed by atoms with Crippen LogP contribution in [0.4, 0.5) is 0 Å². The van der Waals surface area contributed by atoms with E-state index in [1.165, 1.54) is 0 Å². The fourth-order valence-corrected chi connectivity index (χ4v) is 1.80. The molecule has 0 aliphatic heterocycles. The molecule has 1 aromatic carbocycles. The van der Waals surface area contributed by atoms with E-state index < -0.39 is 0 Å². The average molecular weight is 306 g/mol. The summed E-state index contributed by atoms with van der Waals surface area (Å²) in [4.78, 5) is 15.9. The molecule has 0 unspecified atom stereocenters. The van der Waals surface area contributed by atoms with Gasteiger partial charge in [0.15, 0.2) is 5.11 Å². The first-order chi connectivity index (χ1) is 9.65. The van der Waals surface area contributed by atoms with Gasteiger partial charge >= 0.3 is 0 Å². The lowest BCUT2D eigenvalue weighted by Crippen LogP contribution is -2.38. The fourth-order valence-electron chi connectivity index (χ4n) is 1.51. The molecule has 20 heavy (non-hydrogen) atoms. The summed E-state index contributed by atoms with van der Waals surface area (Å²) in [6.07, 6.45) is 3.43. The predicted octanol–water partition coefficient (Wildman–Crippen LogP) is 2.54. The Bertz CT molecular complexity index is 602. The first-order valence-corrected chi connectivity index (χ1v) is 6.67. The smallest absolute Gasteiger partial charge is 0.257 e. The summed E-state index contributed by atoms with van der Waals surface area (Å²) in [6.45, 7) is 0.508. The largest absolute Gasteiger partial charge is 0.358 e. The van der Waals surface area contributed by atoms with E-state index in [9.17, 15) is 4.79 Å². The number of thiocarbonyl (C=S) groups is 1. The molecule has 0 spiro atoms. The van der Waals surface area contributed by atoms with Crippen LogP contribution in [-0.4, -0.2) is 16.0 Å². The molecular formula is C14H12ClN3OS. The van der Waals surface area contributed by atoms with Crippen LogP contribution in [0.1, 0.15) is 15.9 Å². The maximum Gasteiger partial charge on any atom is 0.257 e. The molecule has 0 aliphatic rings. The number of carbonyl (C=O) groups excluding carboxylic acids is 1. The third-order valence-electron chi connectivity index (χ3n) is 2.51. The molecule has 2 rings (SSSR count). The van der Waals surface area contributed by atoms with Crippen LogP contribution in [0.2, 0.25) is 5.02 Å². The number of hydrogen-bond donors (Lipinski definition) is 2. The zero-order valence-electron chi connectivity index (χ0n) is 10.5. The number of pyridine rings is 1. The number of nitrogens with zero attached hydrogens (tertiary/aromatic N) is 1. The number of amides is 1. The summed E-state index contributed by atoms with van der Waals surface area (Å²) in [7, 11) is 0. The number of rotatable bonds is 3. The Morgan fingerprint density at radius 2 is 2.00 bits per heavy atom. The second-order valence-corrected chi connectivity index (χ2v) is 4.85. The number of aromatic nitrogens is 1. The number of halogens is 1. The van der Waals surface area contributed by atoms with Gasteiger partial charge in [0, 0.05) is 29.5 Å². The Kier molecular flexibility index (Phi) is 5.03. The molecule has 0 fully saturated rings. The van der Waals surface area contributed by atoms with Crippen molar-refractivity contribution >= 4 is 34.8 Å². The van der Waals surface area contributed by atoms with Crippen LogP contribution < -0.4 is 10.6 Å². The first-order valence-electron chi connectivity index (χ1n) is 5.89. The molecular weight excluding hydrogens is 294 g/mol. The molecule has 2 aromatic rings. The zero-order chi connectivity index (χ0) is 14.4. The van der Waals surface area contributed by atoms with Crippen LogP contribution in [-0.2, 0) is 6.54 Å². The van der Waals surface area contributed by atoms with Crippen LogP contribution in [0.25, 0.3) is 0 Å². The highest BCUT2D eigenvalue weighted by atomic mass is 35.5. The van der Waals surface area contributed by atoms with Crippen LogP contribution in [0.3, 0.4) is 0 Å². The van der Waals surface area contributed by atoms with Crippen molar-refractivity contribution in [1.29, 1.82) is 0 Å². The molecule has 1 aromatic heterocycles. The first kappa shape index (κ1) is 14.4. The quantitative estimate of drug-likeness (QED) is 0.856. The van der Waals surface area contributed by atoms with Crippen molar-refractivity contribution < 1.29 is 4.79 Å². The van der Waals surface area contributed by atoms with Gasteiger partial charge in [-0.05, 0) is 48.1 Å². The van der Waals surface area contributed by atoms with Gasteiger partial charge in [-0.25, -0.2) is 0 Å². The van der Waals surface area contributed by atoms with Crippen molar-refractivity contribution in [3.63, 3.8) is 0 Å². The summed E-state index contributed by atoms with van der Waals surface area (Å²) in [5.41, 5.74) is 1.48. The lowest BCUT2D eigenvalue weighted by atomic mass is 10.2. The van der Waals surface area contributed by atoms with E-state index in [0.29, 0.717) is 17.1 Å². The average Bonchev–Trinajstić information content (AvgIpc) is 2.47. The van der Waals surface area contributed by atoms with Gasteiger partial charge in [0.1, 0.15) is 0 Å². The van der Waals surface area contributed by atoms with Crippen molar-refractivity contribution in [3.05, 3.63) is 64.9 Å². The molecule has 0 radical (unpaired) electrons. The minimum Gasteiger partial charge on any atom is -0.358 e. The maximum absolute atomic E-state index is 11.9. The molecule has 1 heterocycles. The monoisotopic (exact) mass is 305 g/mol. The Morgan fingerprint density at radius 3 is 2.65 bits per heavy atom. The summed E-state index contributed by atoms with van der Waals surface area (Å²) in [6, 6.07) is 10.4. The van der Waals surface area contributed by atoms with Crippen molar-refractivity contribution in [1.82, 2.24) is 15.6 Å². The number of carbonyl (C=O) groups is 1. The van der Waals surface area contributed by atoms with Crippen molar-refractivity contribution in [2.24, 2.45) is 0 Å². The van der Waals surface area contributed by atoms with E-state index in [1.54, 1.807) is 36.7 Å². The zero-order valence-corrected chi connectivity index (χ0v) is 12.0. The highest BCUT2D eigenvalue weighted by Gasteiger charge is 2.07. The van der Waals surface area contributed by atoms with Gasteiger partial charge in [-0.2, -0.15) is 0 Å². The highest BCUT2D eigenvalue weighted by Crippen LogP contribution is 2.09. The van der Waals surface area contributed by atoms with Gasteiger partial charge in [0.2, 0.25) is 0 Å². The van der Waals surface area contributed by atoms with Crippen molar-refractivity contribution in [3.8, 4) is 0 Å². The fraction of sp³-hybridized carbons (Fsp3) is 0.0714. The van der Waals surface area contributed by atoms with Gasteiger partial charge in [-0.1, -0.05) is 17.7 Å². The van der Waals surface area contributed by atoms with Gasteiger partial charge in [0.25, 0.3) is 5.91 Å². The summed E-state index contributed by atoms with van der Waals surface area (Å²) in [5, 5.41) is 6.40. The topological polar surface area (TPSA) is 54.0 Å². The molecule has 1 amide bonds. The van der Waals surface area contributed by atoms with Gasteiger partial charge < -0.3 is 5.32 Å². The molecule has 0 atom stereocenters. The standard InChI is InChI=1S/C14H12ClN3OS/c15-12-5-3-11(4-6-12)13(19)18-14(20)17-9-10-2-1-7-16-8-10/h1-8H,9H2,(H2,17,18,19,20). The normalized spacial score (nSPS) is 9.85. The maximum atomic E-state index is 11.9. The Hall–Kier alpha value is -1.98. The molecule has 0 saturated heterocycles. The third-order valence-corrected chi connectivity index (χ3v) is 3.01. The predicted molar refractivity (Wildman–Crippen MR) is 82.6 cm³/mol. The molecule has 0 bridgehead atoms. The lowest BCUT2D eigenvalue weighted by Gasteiger charge is -2.09. The van der Waals surface area contributed by atoms with E-state index in [4.69, 9.17) is 23.8 Å². The lowest BCUT2D eigenvalue weighted by molar-refractivity contribution is 0.0976. The Balaban J connectivity index is 1.85. The van der Waals surface area contributed by atoms with Gasteiger partial charge in [-0.15, -0.1) is 0 Å². The second kappa shape index (κ2) is 6.98. The third kappa shape index (κ3) is 4.29. The molecule has 0 aliphatic carbocycles. The van der Waals surface area contributed by atoms with Gasteiger partial charge in [-0.3, -0.25) is 15.1 Å². The molecule has 102 valence electrons. The van der Waals surface area contributed by atoms with Crippen LogP contribution in [0.15, 0.2) is 48.8 Å². The Morgan fingerprint density at radius 1 is 1.25 bits per heavy atom. The highest BCUT2D eigenvalue weighted by molar-refractivity contribution is 7.80. The summed E-state index contributed by atoms with van der Waals surface area (Å²) >= 11 is 10.8. The molecule has 4 nitrogen and oxygen atoms in total. The van der Waals surface area contributed by atoms with E-state index in [0.717, 1.165) is 5.56 Å². The summed E-state index contributed by atoms with van der Waals surface area (Å²) < 4.78 is 0. The SMILES string of the molecule is O=C(NC(=S)NCc1cccnc1)c1ccc(Cl)cc1. The number of nitrogens with one attached hydrogen (secondary N) is 2. The minimum atomic E-state index is -0.273. The minimum absolute atomic E-state index is 0.272. The second-order valence-electron chi connectivity index (χ2n) is 4.00. The molecule has 2 N–H and O–H groups in total. The molecule has 0 saturated carbocycles. The van der Waals surface area contributed by atoms with Crippen LogP contribution in [0.5, 0.6) is 0 Å². The van der Waals surface area contributed by atoms with E-state index >= 15 is 0 Å². The van der Waals surface area contributed by atoms with E-state index in [1.807, 2.05) is 12.1 Å².